The van der Waals surface area contributed by atoms with Crippen LogP contribution in [0.5, 0.6) is 11.5 Å². The Morgan fingerprint density at radius 1 is 1.05 bits per heavy atom. The number of para-hydroxylation sites is 1. The molecule has 0 saturated carbocycles. The molecule has 2 aromatic carbocycles. The van der Waals surface area contributed by atoms with Gasteiger partial charge in [0.15, 0.2) is 11.5 Å². The highest BCUT2D eigenvalue weighted by atomic mass is 16.5. The average Bonchev–Trinajstić information content (AvgIpc) is 2.92. The third-order valence-electron chi connectivity index (χ3n) is 3.58. The Hall–Kier alpha value is -2.56. The Bertz CT molecular complexity index is 780. The van der Waals surface area contributed by atoms with Gasteiger partial charge in [-0.25, -0.2) is 4.68 Å². The van der Waals surface area contributed by atoms with Crippen LogP contribution in [-0.2, 0) is 6.54 Å². The molecule has 3 rings (SSSR count). The first-order chi connectivity index (χ1) is 10.2. The van der Waals surface area contributed by atoms with E-state index >= 15 is 0 Å². The maximum absolute atomic E-state index is 5.37. The van der Waals surface area contributed by atoms with E-state index in [9.17, 15) is 0 Å². The van der Waals surface area contributed by atoms with Gasteiger partial charge in [0.2, 0.25) is 0 Å². The van der Waals surface area contributed by atoms with Crippen molar-refractivity contribution in [3.63, 3.8) is 0 Å². The van der Waals surface area contributed by atoms with E-state index in [1.165, 1.54) is 0 Å². The number of ether oxygens (including phenoxy) is 2. The molecule has 1 aromatic heterocycles. The quantitative estimate of drug-likeness (QED) is 0.738. The third kappa shape index (κ3) is 2.42. The highest BCUT2D eigenvalue weighted by Crippen LogP contribution is 2.30. The Morgan fingerprint density at radius 2 is 1.76 bits per heavy atom. The van der Waals surface area contributed by atoms with Crippen LogP contribution in [0.15, 0.2) is 36.4 Å². The Labute approximate surface area is 123 Å². The van der Waals surface area contributed by atoms with Crippen LogP contribution < -0.4 is 9.47 Å². The van der Waals surface area contributed by atoms with Crippen LogP contribution >= 0.6 is 0 Å². The van der Waals surface area contributed by atoms with Crippen molar-refractivity contribution in [1.82, 2.24) is 15.0 Å². The highest BCUT2D eigenvalue weighted by molar-refractivity contribution is 5.73. The second-order valence-corrected chi connectivity index (χ2v) is 4.87. The molecule has 108 valence electrons. The molecule has 0 unspecified atom stereocenters. The molecule has 0 fully saturated rings. The van der Waals surface area contributed by atoms with Gasteiger partial charge in [-0.1, -0.05) is 17.3 Å². The number of fused-ring (bicyclic) bond motifs is 1. The zero-order chi connectivity index (χ0) is 14.8. The molecule has 0 aliphatic heterocycles. The average molecular weight is 283 g/mol. The van der Waals surface area contributed by atoms with Gasteiger partial charge in [0.25, 0.3) is 0 Å². The lowest BCUT2D eigenvalue weighted by Crippen LogP contribution is -2.04. The topological polar surface area (TPSA) is 49.2 Å². The van der Waals surface area contributed by atoms with Crippen LogP contribution in [0.4, 0.5) is 0 Å². The molecular weight excluding hydrogens is 266 g/mol. The molecule has 3 aromatic rings. The summed E-state index contributed by atoms with van der Waals surface area (Å²) in [4.78, 5) is 0. The summed E-state index contributed by atoms with van der Waals surface area (Å²) in [5.41, 5.74) is 4.18. The van der Waals surface area contributed by atoms with Crippen molar-refractivity contribution in [3.05, 3.63) is 47.5 Å². The Kier molecular flexibility index (Phi) is 3.48. The number of hydrogen-bond acceptors (Lipinski definition) is 4. The Morgan fingerprint density at radius 3 is 2.52 bits per heavy atom. The third-order valence-corrected chi connectivity index (χ3v) is 3.58. The van der Waals surface area contributed by atoms with Crippen molar-refractivity contribution < 1.29 is 9.47 Å². The molecule has 0 radical (unpaired) electrons. The lowest BCUT2D eigenvalue weighted by Gasteiger charge is -2.13. The minimum atomic E-state index is 0.646. The molecule has 5 nitrogen and oxygen atoms in total. The van der Waals surface area contributed by atoms with Crippen LogP contribution in [0.2, 0.25) is 0 Å². The first-order valence-corrected chi connectivity index (χ1v) is 6.72. The molecule has 0 aliphatic rings. The number of benzene rings is 2. The van der Waals surface area contributed by atoms with E-state index in [4.69, 9.17) is 9.47 Å². The molecular formula is C16H17N3O2. The summed E-state index contributed by atoms with van der Waals surface area (Å²) in [5, 5.41) is 8.40. The van der Waals surface area contributed by atoms with Crippen molar-refractivity contribution in [2.75, 3.05) is 14.2 Å². The van der Waals surface area contributed by atoms with Gasteiger partial charge in [-0.05, 0) is 42.3 Å². The van der Waals surface area contributed by atoms with E-state index in [-0.39, 0.29) is 0 Å². The van der Waals surface area contributed by atoms with Crippen molar-refractivity contribution in [1.29, 1.82) is 0 Å². The van der Waals surface area contributed by atoms with E-state index in [1.807, 2.05) is 41.1 Å². The zero-order valence-electron chi connectivity index (χ0n) is 12.3. The summed E-state index contributed by atoms with van der Waals surface area (Å²) in [5.74, 6) is 1.46. The molecule has 21 heavy (non-hydrogen) atoms. The zero-order valence-corrected chi connectivity index (χ0v) is 12.3. The fourth-order valence-corrected chi connectivity index (χ4v) is 2.39. The number of methoxy groups -OCH3 is 2. The van der Waals surface area contributed by atoms with Gasteiger partial charge < -0.3 is 9.47 Å². The van der Waals surface area contributed by atoms with Gasteiger partial charge in [-0.2, -0.15) is 0 Å². The van der Waals surface area contributed by atoms with E-state index in [0.717, 1.165) is 33.7 Å². The van der Waals surface area contributed by atoms with E-state index in [0.29, 0.717) is 6.54 Å². The predicted octanol–water partition coefficient (Wildman–Crippen LogP) is 2.81. The molecule has 0 bridgehead atoms. The molecule has 0 N–H and O–H groups in total. The van der Waals surface area contributed by atoms with Gasteiger partial charge in [-0.15, -0.1) is 5.10 Å². The molecule has 0 atom stereocenters. The minimum absolute atomic E-state index is 0.646. The number of aromatic nitrogens is 3. The van der Waals surface area contributed by atoms with Crippen LogP contribution in [0.3, 0.4) is 0 Å². The minimum Gasteiger partial charge on any atom is -0.493 e. The monoisotopic (exact) mass is 283 g/mol. The summed E-state index contributed by atoms with van der Waals surface area (Å²) in [7, 11) is 3.28. The summed E-state index contributed by atoms with van der Waals surface area (Å²) in [6, 6.07) is 11.9. The van der Waals surface area contributed by atoms with Gasteiger partial charge in [-0.3, -0.25) is 0 Å². The van der Waals surface area contributed by atoms with E-state index < -0.39 is 0 Å². The predicted molar refractivity (Wildman–Crippen MR) is 80.9 cm³/mol. The second kappa shape index (κ2) is 5.44. The van der Waals surface area contributed by atoms with E-state index in [1.54, 1.807) is 14.2 Å². The lowest BCUT2D eigenvalue weighted by atomic mass is 10.1. The standard InChI is InChI=1S/C16H17N3O2/c1-11-8-15(20-2)16(21-3)9-12(11)10-19-14-7-5-4-6-13(14)17-18-19/h4-9H,10H2,1-3H3. The number of aryl methyl sites for hydroxylation is 1. The van der Waals surface area contributed by atoms with Crippen LogP contribution in [-0.4, -0.2) is 29.2 Å². The molecule has 0 spiro atoms. The van der Waals surface area contributed by atoms with Crippen molar-refractivity contribution in [2.45, 2.75) is 13.5 Å². The SMILES string of the molecule is COc1cc(C)c(Cn2nnc3ccccc32)cc1OC. The van der Waals surface area contributed by atoms with Crippen molar-refractivity contribution in [3.8, 4) is 11.5 Å². The highest BCUT2D eigenvalue weighted by Gasteiger charge is 2.11. The maximum atomic E-state index is 5.37. The first kappa shape index (κ1) is 13.4. The smallest absolute Gasteiger partial charge is 0.161 e. The van der Waals surface area contributed by atoms with Gasteiger partial charge in [0.1, 0.15) is 5.52 Å². The number of nitrogens with zero attached hydrogens (tertiary/aromatic N) is 3. The first-order valence-electron chi connectivity index (χ1n) is 6.72. The normalized spacial score (nSPS) is 10.8. The molecule has 0 saturated heterocycles. The molecule has 5 heteroatoms. The van der Waals surface area contributed by atoms with Crippen LogP contribution in [0, 0.1) is 6.92 Å². The molecule has 0 aliphatic carbocycles. The summed E-state index contributed by atoms with van der Waals surface area (Å²) >= 11 is 0. The fourth-order valence-electron chi connectivity index (χ4n) is 2.39. The maximum Gasteiger partial charge on any atom is 0.161 e. The molecule has 1 heterocycles. The summed E-state index contributed by atoms with van der Waals surface area (Å²) in [6.07, 6.45) is 0. The lowest BCUT2D eigenvalue weighted by molar-refractivity contribution is 0.354. The van der Waals surface area contributed by atoms with E-state index in [2.05, 4.69) is 17.2 Å². The number of rotatable bonds is 4. The van der Waals surface area contributed by atoms with Gasteiger partial charge in [0, 0.05) is 0 Å². The van der Waals surface area contributed by atoms with Gasteiger partial charge >= 0.3 is 0 Å². The van der Waals surface area contributed by atoms with Gasteiger partial charge in [0.05, 0.1) is 26.3 Å². The summed E-state index contributed by atoms with van der Waals surface area (Å²) in [6.45, 7) is 2.70. The second-order valence-electron chi connectivity index (χ2n) is 4.87. The van der Waals surface area contributed by atoms with Crippen molar-refractivity contribution >= 4 is 11.0 Å². The van der Waals surface area contributed by atoms with Crippen molar-refractivity contribution in [2.24, 2.45) is 0 Å². The van der Waals surface area contributed by atoms with Crippen LogP contribution in [0.1, 0.15) is 11.1 Å². The molecule has 0 amide bonds. The van der Waals surface area contributed by atoms with Crippen LogP contribution in [0.25, 0.3) is 11.0 Å². The Balaban J connectivity index is 2.01. The fraction of sp³-hybridized carbons (Fsp3) is 0.250. The number of hydrogen-bond donors (Lipinski definition) is 0. The summed E-state index contributed by atoms with van der Waals surface area (Å²) < 4.78 is 12.6. The largest absolute Gasteiger partial charge is 0.493 e.